The third-order valence-electron chi connectivity index (χ3n) is 2.50. The first kappa shape index (κ1) is 12.4. The minimum absolute atomic E-state index is 0.0401. The van der Waals surface area contributed by atoms with Gasteiger partial charge in [0.2, 0.25) is 5.91 Å². The lowest BCUT2D eigenvalue weighted by atomic mass is 9.86. The Labute approximate surface area is 95.1 Å². The monoisotopic (exact) mass is 231 g/mol. The molecule has 1 amide bonds. The summed E-state index contributed by atoms with van der Waals surface area (Å²) >= 11 is 4.21. The molecule has 0 aliphatic carbocycles. The number of thiol groups is 1. The maximum atomic E-state index is 11.6. The molecule has 0 saturated carbocycles. The summed E-state index contributed by atoms with van der Waals surface area (Å²) in [6.45, 7) is 5.90. The van der Waals surface area contributed by atoms with Crippen molar-refractivity contribution in [1.82, 2.24) is 4.90 Å². The van der Waals surface area contributed by atoms with Gasteiger partial charge in [-0.25, -0.2) is 4.79 Å². The molecule has 1 aliphatic rings. The van der Waals surface area contributed by atoms with Crippen molar-refractivity contribution in [2.75, 3.05) is 6.54 Å². The van der Waals surface area contributed by atoms with Crippen LogP contribution in [-0.4, -0.2) is 39.7 Å². The molecule has 2 unspecified atom stereocenters. The van der Waals surface area contributed by atoms with Crippen LogP contribution < -0.4 is 0 Å². The average Bonchev–Trinajstić information content (AvgIpc) is 2.26. The number of amides is 1. The Morgan fingerprint density at radius 3 is 2.40 bits per heavy atom. The van der Waals surface area contributed by atoms with Crippen LogP contribution in [0.15, 0.2) is 0 Å². The zero-order valence-corrected chi connectivity index (χ0v) is 10.1. The standard InChI is InChI=1S/C10H17NO3S/c1-10(2,3)8(9(13)14)11-5-6(15)4-7(11)12/h6,8,15H,4-5H2,1-3H3,(H,13,14). The molecule has 0 aromatic carbocycles. The number of carboxylic acid groups (broad SMARTS) is 1. The van der Waals surface area contributed by atoms with Crippen LogP contribution in [0.1, 0.15) is 27.2 Å². The third-order valence-corrected chi connectivity index (χ3v) is 2.85. The maximum absolute atomic E-state index is 11.6. The summed E-state index contributed by atoms with van der Waals surface area (Å²) in [5.74, 6) is -1.06. The largest absolute Gasteiger partial charge is 0.480 e. The van der Waals surface area contributed by atoms with Gasteiger partial charge in [0, 0.05) is 18.2 Å². The van der Waals surface area contributed by atoms with Crippen molar-refractivity contribution < 1.29 is 14.7 Å². The lowest BCUT2D eigenvalue weighted by Crippen LogP contribution is -2.50. The van der Waals surface area contributed by atoms with Crippen LogP contribution >= 0.6 is 12.6 Å². The predicted octanol–water partition coefficient (Wildman–Crippen LogP) is 1.02. The Balaban J connectivity index is 2.91. The zero-order chi connectivity index (χ0) is 11.8. The zero-order valence-electron chi connectivity index (χ0n) is 9.23. The van der Waals surface area contributed by atoms with E-state index in [1.165, 1.54) is 4.90 Å². The Hall–Kier alpha value is -0.710. The number of aliphatic carboxylic acids is 1. The van der Waals surface area contributed by atoms with E-state index in [1.807, 2.05) is 20.8 Å². The first-order chi connectivity index (χ1) is 6.73. The van der Waals surface area contributed by atoms with Gasteiger partial charge in [0.25, 0.3) is 0 Å². The predicted molar refractivity (Wildman–Crippen MR) is 60.0 cm³/mol. The van der Waals surface area contributed by atoms with Crippen LogP contribution in [0, 0.1) is 5.41 Å². The number of nitrogens with zero attached hydrogens (tertiary/aromatic N) is 1. The lowest BCUT2D eigenvalue weighted by Gasteiger charge is -2.34. The van der Waals surface area contributed by atoms with E-state index in [-0.39, 0.29) is 11.2 Å². The maximum Gasteiger partial charge on any atom is 0.326 e. The van der Waals surface area contributed by atoms with Crippen molar-refractivity contribution in [3.8, 4) is 0 Å². The smallest absolute Gasteiger partial charge is 0.326 e. The molecule has 15 heavy (non-hydrogen) atoms. The number of rotatable bonds is 2. The molecule has 1 rings (SSSR count). The van der Waals surface area contributed by atoms with Gasteiger partial charge in [0.1, 0.15) is 6.04 Å². The van der Waals surface area contributed by atoms with E-state index in [9.17, 15) is 9.59 Å². The molecule has 0 aromatic heterocycles. The Morgan fingerprint density at radius 2 is 2.13 bits per heavy atom. The van der Waals surface area contributed by atoms with Crippen LogP contribution in [-0.2, 0) is 9.59 Å². The number of hydrogen-bond acceptors (Lipinski definition) is 3. The van der Waals surface area contributed by atoms with Crippen molar-refractivity contribution in [3.63, 3.8) is 0 Å². The van der Waals surface area contributed by atoms with Crippen LogP contribution in [0.5, 0.6) is 0 Å². The highest BCUT2D eigenvalue weighted by Crippen LogP contribution is 2.29. The summed E-state index contributed by atoms with van der Waals surface area (Å²) in [6, 6.07) is -0.762. The second kappa shape index (κ2) is 4.04. The first-order valence-corrected chi connectivity index (χ1v) is 5.45. The Morgan fingerprint density at radius 1 is 1.60 bits per heavy atom. The van der Waals surface area contributed by atoms with E-state index in [0.29, 0.717) is 13.0 Å². The van der Waals surface area contributed by atoms with Crippen molar-refractivity contribution in [2.24, 2.45) is 5.41 Å². The molecule has 1 fully saturated rings. The van der Waals surface area contributed by atoms with Crippen molar-refractivity contribution in [2.45, 2.75) is 38.5 Å². The fraction of sp³-hybridized carbons (Fsp3) is 0.800. The third kappa shape index (κ3) is 2.65. The van der Waals surface area contributed by atoms with Crippen LogP contribution in [0.25, 0.3) is 0 Å². The Bertz CT molecular complexity index is 285. The van der Waals surface area contributed by atoms with Gasteiger partial charge in [-0.05, 0) is 5.41 Å². The second-order valence-corrected chi connectivity index (χ2v) is 5.74. The molecule has 0 bridgehead atoms. The molecule has 86 valence electrons. The molecule has 2 atom stereocenters. The quantitative estimate of drug-likeness (QED) is 0.698. The summed E-state index contributed by atoms with van der Waals surface area (Å²) in [7, 11) is 0. The Kier molecular flexibility index (Phi) is 3.33. The number of carboxylic acids is 1. The van der Waals surface area contributed by atoms with Crippen molar-refractivity contribution >= 4 is 24.5 Å². The van der Waals surface area contributed by atoms with Crippen molar-refractivity contribution in [3.05, 3.63) is 0 Å². The van der Waals surface area contributed by atoms with Gasteiger partial charge in [-0.15, -0.1) is 0 Å². The summed E-state index contributed by atoms with van der Waals surface area (Å²) in [6.07, 6.45) is 0.336. The highest BCUT2D eigenvalue weighted by molar-refractivity contribution is 7.81. The number of likely N-dealkylation sites (tertiary alicyclic amines) is 1. The second-order valence-electron chi connectivity index (χ2n) is 5.01. The van der Waals surface area contributed by atoms with E-state index in [4.69, 9.17) is 5.11 Å². The van der Waals surface area contributed by atoms with Crippen LogP contribution in [0.4, 0.5) is 0 Å². The highest BCUT2D eigenvalue weighted by Gasteiger charge is 2.42. The summed E-state index contributed by atoms with van der Waals surface area (Å²) in [5, 5.41) is 9.11. The molecule has 5 heteroatoms. The molecule has 1 aliphatic heterocycles. The summed E-state index contributed by atoms with van der Waals surface area (Å²) < 4.78 is 0. The van der Waals surface area contributed by atoms with Gasteiger partial charge in [-0.2, -0.15) is 12.6 Å². The molecular formula is C10H17NO3S. The van der Waals surface area contributed by atoms with E-state index < -0.39 is 17.4 Å². The van der Waals surface area contributed by atoms with Gasteiger partial charge < -0.3 is 10.0 Å². The average molecular weight is 231 g/mol. The summed E-state index contributed by atoms with van der Waals surface area (Å²) in [4.78, 5) is 24.2. The number of carbonyl (C=O) groups excluding carboxylic acids is 1. The van der Waals surface area contributed by atoms with Crippen LogP contribution in [0.3, 0.4) is 0 Å². The molecule has 1 N–H and O–H groups in total. The molecular weight excluding hydrogens is 214 g/mol. The minimum atomic E-state index is -0.946. The fourth-order valence-electron chi connectivity index (χ4n) is 1.93. The van der Waals surface area contributed by atoms with E-state index in [2.05, 4.69) is 12.6 Å². The topological polar surface area (TPSA) is 57.6 Å². The molecule has 0 aromatic rings. The van der Waals surface area contributed by atoms with Gasteiger partial charge in [0.05, 0.1) is 0 Å². The minimum Gasteiger partial charge on any atom is -0.480 e. The van der Waals surface area contributed by atoms with E-state index in [0.717, 1.165) is 0 Å². The van der Waals surface area contributed by atoms with Gasteiger partial charge >= 0.3 is 5.97 Å². The van der Waals surface area contributed by atoms with Gasteiger partial charge in [-0.3, -0.25) is 4.79 Å². The van der Waals surface area contributed by atoms with Gasteiger partial charge in [-0.1, -0.05) is 20.8 Å². The molecule has 4 nitrogen and oxygen atoms in total. The first-order valence-electron chi connectivity index (χ1n) is 4.94. The molecule has 0 spiro atoms. The van der Waals surface area contributed by atoms with E-state index in [1.54, 1.807) is 0 Å². The normalized spacial score (nSPS) is 24.4. The van der Waals surface area contributed by atoms with Crippen LogP contribution in [0.2, 0.25) is 0 Å². The fourth-order valence-corrected chi connectivity index (χ4v) is 2.27. The van der Waals surface area contributed by atoms with Crippen molar-refractivity contribution in [1.29, 1.82) is 0 Å². The molecule has 1 heterocycles. The van der Waals surface area contributed by atoms with E-state index >= 15 is 0 Å². The SMILES string of the molecule is CC(C)(C)C(C(=O)O)N1CC(S)CC1=O. The highest BCUT2D eigenvalue weighted by atomic mass is 32.1. The number of hydrogen-bond donors (Lipinski definition) is 2. The number of carbonyl (C=O) groups is 2. The van der Waals surface area contributed by atoms with Gasteiger partial charge in [0.15, 0.2) is 0 Å². The lowest BCUT2D eigenvalue weighted by molar-refractivity contribution is -0.153. The summed E-state index contributed by atoms with van der Waals surface area (Å²) in [5.41, 5.74) is -0.459. The molecule has 1 saturated heterocycles. The molecule has 0 radical (unpaired) electrons.